The number of amides is 1. The van der Waals surface area contributed by atoms with Gasteiger partial charge in [0.25, 0.3) is 5.91 Å². The Balaban J connectivity index is 1.81. The first-order valence-electron chi connectivity index (χ1n) is 8.21. The van der Waals surface area contributed by atoms with Crippen LogP contribution in [0.4, 0.5) is 0 Å². The first-order valence-corrected chi connectivity index (χ1v) is 8.21. The second-order valence-corrected chi connectivity index (χ2v) is 6.58. The number of hydrogen-bond acceptors (Lipinski definition) is 3. The second kappa shape index (κ2) is 6.24. The van der Waals surface area contributed by atoms with Crippen LogP contribution >= 0.6 is 0 Å². The number of carbonyl (C=O) groups excluding carboxylic acids is 1. The summed E-state index contributed by atoms with van der Waals surface area (Å²) in [4.78, 5) is 20.2. The molecule has 0 unspecified atom stereocenters. The summed E-state index contributed by atoms with van der Waals surface area (Å²) in [5.74, 6) is 1.39. The quantitative estimate of drug-likeness (QED) is 0.943. The van der Waals surface area contributed by atoms with Crippen molar-refractivity contribution in [2.24, 2.45) is 5.92 Å². The molecule has 124 valence electrons. The zero-order valence-electron chi connectivity index (χ0n) is 14.3. The van der Waals surface area contributed by atoms with E-state index in [1.807, 2.05) is 36.1 Å². The summed E-state index contributed by atoms with van der Waals surface area (Å²) in [5.41, 5.74) is 1.59. The van der Waals surface area contributed by atoms with E-state index in [0.29, 0.717) is 24.3 Å². The number of likely N-dealkylation sites (tertiary alicyclic amines) is 1. The van der Waals surface area contributed by atoms with Gasteiger partial charge in [-0.15, -0.1) is 0 Å². The summed E-state index contributed by atoms with van der Waals surface area (Å²) in [6.07, 6.45) is 0. The molecule has 5 nitrogen and oxygen atoms in total. The van der Waals surface area contributed by atoms with Gasteiger partial charge in [0.2, 0.25) is 0 Å². The van der Waals surface area contributed by atoms with E-state index in [2.05, 4.69) is 30.9 Å². The molecule has 1 fully saturated rings. The fourth-order valence-corrected chi connectivity index (χ4v) is 3.44. The normalized spacial score (nSPS) is 21.3. The maximum atomic E-state index is 12.8. The van der Waals surface area contributed by atoms with Crippen molar-refractivity contribution >= 4 is 16.8 Å². The Labute approximate surface area is 137 Å². The number of ether oxygens (including phenoxy) is 1. The van der Waals surface area contributed by atoms with Crippen molar-refractivity contribution in [3.63, 3.8) is 0 Å². The third kappa shape index (κ3) is 3.06. The smallest absolute Gasteiger partial charge is 0.270 e. The average Bonchev–Trinajstić information content (AvgIpc) is 3.10. The minimum absolute atomic E-state index is 0.0790. The van der Waals surface area contributed by atoms with Crippen LogP contribution in [-0.2, 0) is 0 Å². The minimum atomic E-state index is 0.0790. The molecule has 0 saturated carbocycles. The van der Waals surface area contributed by atoms with Crippen LogP contribution < -0.4 is 4.74 Å². The third-order valence-electron chi connectivity index (χ3n) is 4.66. The van der Waals surface area contributed by atoms with Gasteiger partial charge in [0.05, 0.1) is 6.61 Å². The summed E-state index contributed by atoms with van der Waals surface area (Å²) in [5, 5.41) is 1.04. The molecule has 1 aliphatic heterocycles. The van der Waals surface area contributed by atoms with E-state index in [1.165, 1.54) is 0 Å². The fourth-order valence-electron chi connectivity index (χ4n) is 3.44. The van der Waals surface area contributed by atoms with Crippen LogP contribution in [0, 0.1) is 5.92 Å². The van der Waals surface area contributed by atoms with E-state index in [0.717, 1.165) is 29.7 Å². The van der Waals surface area contributed by atoms with E-state index in [9.17, 15) is 4.79 Å². The van der Waals surface area contributed by atoms with Gasteiger partial charge in [-0.05, 0) is 45.1 Å². The molecule has 2 aromatic rings. The number of nitrogens with zero attached hydrogens (tertiary/aromatic N) is 2. The zero-order valence-corrected chi connectivity index (χ0v) is 14.3. The molecular formula is C18H25N3O2. The summed E-state index contributed by atoms with van der Waals surface area (Å²) < 4.78 is 5.52. The molecule has 1 N–H and O–H groups in total. The average molecular weight is 315 g/mol. The lowest BCUT2D eigenvalue weighted by Crippen LogP contribution is -2.35. The van der Waals surface area contributed by atoms with Crippen LogP contribution in [0.25, 0.3) is 10.9 Å². The van der Waals surface area contributed by atoms with Crippen LogP contribution in [0.3, 0.4) is 0 Å². The highest BCUT2D eigenvalue weighted by molar-refractivity contribution is 5.98. The van der Waals surface area contributed by atoms with Crippen molar-refractivity contribution < 1.29 is 9.53 Å². The van der Waals surface area contributed by atoms with Crippen molar-refractivity contribution in [2.45, 2.75) is 19.9 Å². The molecule has 1 aliphatic rings. The highest BCUT2D eigenvalue weighted by Gasteiger charge is 2.34. The largest absolute Gasteiger partial charge is 0.494 e. The van der Waals surface area contributed by atoms with Gasteiger partial charge >= 0.3 is 0 Å². The maximum absolute atomic E-state index is 12.8. The molecular weight excluding hydrogens is 290 g/mol. The molecule has 1 amide bonds. The Morgan fingerprint density at radius 3 is 2.78 bits per heavy atom. The Bertz CT molecular complexity index is 707. The summed E-state index contributed by atoms with van der Waals surface area (Å²) in [6, 6.07) is 8.23. The molecule has 3 rings (SSSR count). The minimum Gasteiger partial charge on any atom is -0.494 e. The summed E-state index contributed by atoms with van der Waals surface area (Å²) in [7, 11) is 4.15. The Hall–Kier alpha value is -2.01. The molecule has 0 spiro atoms. The SMILES string of the molecule is CCOc1ccc2cc(C(=O)N3C[C@H](C)[C@@H](N(C)C)C3)[nH]c2c1. The first kappa shape index (κ1) is 15.9. The predicted octanol–water partition coefficient (Wildman–Crippen LogP) is 2.59. The number of fused-ring (bicyclic) bond motifs is 1. The van der Waals surface area contributed by atoms with Crippen molar-refractivity contribution in [3.05, 3.63) is 30.0 Å². The molecule has 1 saturated heterocycles. The molecule has 1 aromatic carbocycles. The highest BCUT2D eigenvalue weighted by atomic mass is 16.5. The van der Waals surface area contributed by atoms with Crippen molar-refractivity contribution in [2.75, 3.05) is 33.8 Å². The van der Waals surface area contributed by atoms with Crippen molar-refractivity contribution in [1.82, 2.24) is 14.8 Å². The van der Waals surface area contributed by atoms with E-state index in [1.54, 1.807) is 0 Å². The summed E-state index contributed by atoms with van der Waals surface area (Å²) >= 11 is 0. The van der Waals surface area contributed by atoms with E-state index in [4.69, 9.17) is 4.74 Å². The standard InChI is InChI=1S/C18H25N3O2/c1-5-23-14-7-6-13-8-16(19-15(13)9-14)18(22)21-10-12(2)17(11-21)20(3)4/h6-9,12,17,19H,5,10-11H2,1-4H3/t12-,17-/m0/s1. The van der Waals surface area contributed by atoms with Crippen LogP contribution in [-0.4, -0.2) is 60.5 Å². The number of nitrogens with one attached hydrogen (secondary N) is 1. The maximum Gasteiger partial charge on any atom is 0.270 e. The molecule has 2 heterocycles. The van der Waals surface area contributed by atoms with E-state index < -0.39 is 0 Å². The van der Waals surface area contributed by atoms with E-state index in [-0.39, 0.29) is 5.91 Å². The van der Waals surface area contributed by atoms with Crippen LogP contribution in [0.15, 0.2) is 24.3 Å². The zero-order chi connectivity index (χ0) is 16.6. The Morgan fingerprint density at radius 2 is 2.13 bits per heavy atom. The first-order chi connectivity index (χ1) is 11.0. The van der Waals surface area contributed by atoms with Gasteiger partial charge in [-0.3, -0.25) is 4.79 Å². The molecule has 5 heteroatoms. The van der Waals surface area contributed by atoms with Crippen LogP contribution in [0.1, 0.15) is 24.3 Å². The van der Waals surface area contributed by atoms with E-state index >= 15 is 0 Å². The number of aromatic nitrogens is 1. The Kier molecular flexibility index (Phi) is 4.31. The van der Waals surface area contributed by atoms with Gasteiger partial charge in [-0.25, -0.2) is 0 Å². The number of likely N-dealkylation sites (N-methyl/N-ethyl adjacent to an activating group) is 1. The lowest BCUT2D eigenvalue weighted by Gasteiger charge is -2.22. The van der Waals surface area contributed by atoms with Crippen LogP contribution in [0.2, 0.25) is 0 Å². The number of H-pyrrole nitrogens is 1. The molecule has 0 radical (unpaired) electrons. The molecule has 0 aliphatic carbocycles. The van der Waals surface area contributed by atoms with Crippen LogP contribution in [0.5, 0.6) is 5.75 Å². The lowest BCUT2D eigenvalue weighted by atomic mass is 10.1. The molecule has 2 atom stereocenters. The summed E-state index contributed by atoms with van der Waals surface area (Å²) in [6.45, 7) is 6.39. The van der Waals surface area contributed by atoms with Gasteiger partial charge in [0, 0.05) is 36.1 Å². The lowest BCUT2D eigenvalue weighted by molar-refractivity contribution is 0.0776. The molecule has 0 bridgehead atoms. The number of hydrogen-bond donors (Lipinski definition) is 1. The fraction of sp³-hybridized carbons (Fsp3) is 0.500. The molecule has 1 aromatic heterocycles. The number of rotatable bonds is 4. The molecule has 23 heavy (non-hydrogen) atoms. The topological polar surface area (TPSA) is 48.6 Å². The third-order valence-corrected chi connectivity index (χ3v) is 4.66. The van der Waals surface area contributed by atoms with Crippen molar-refractivity contribution in [3.8, 4) is 5.75 Å². The monoisotopic (exact) mass is 315 g/mol. The number of aromatic amines is 1. The number of carbonyl (C=O) groups is 1. The van der Waals surface area contributed by atoms with Gasteiger partial charge in [-0.2, -0.15) is 0 Å². The van der Waals surface area contributed by atoms with Gasteiger partial charge < -0.3 is 19.5 Å². The highest BCUT2D eigenvalue weighted by Crippen LogP contribution is 2.25. The van der Waals surface area contributed by atoms with Gasteiger partial charge in [-0.1, -0.05) is 6.92 Å². The van der Waals surface area contributed by atoms with Gasteiger partial charge in [0.1, 0.15) is 11.4 Å². The predicted molar refractivity (Wildman–Crippen MR) is 92.0 cm³/mol. The Morgan fingerprint density at radius 1 is 1.35 bits per heavy atom. The second-order valence-electron chi connectivity index (χ2n) is 6.58. The van der Waals surface area contributed by atoms with Crippen molar-refractivity contribution in [1.29, 1.82) is 0 Å². The number of benzene rings is 1. The van der Waals surface area contributed by atoms with Gasteiger partial charge in [0.15, 0.2) is 0 Å².